The van der Waals surface area contributed by atoms with Gasteiger partial charge in [-0.25, -0.2) is 0 Å². The monoisotopic (exact) mass is 259 g/mol. The summed E-state index contributed by atoms with van der Waals surface area (Å²) in [6.45, 7) is 10.9. The zero-order chi connectivity index (χ0) is 14.0. The van der Waals surface area contributed by atoms with E-state index < -0.39 is 0 Å². The maximum atomic E-state index is 6.21. The van der Waals surface area contributed by atoms with E-state index >= 15 is 0 Å². The molecule has 2 aromatic rings. The molecule has 104 valence electrons. The van der Waals surface area contributed by atoms with E-state index in [1.807, 2.05) is 0 Å². The Kier molecular flexibility index (Phi) is 4.28. The second kappa shape index (κ2) is 5.77. The summed E-state index contributed by atoms with van der Waals surface area (Å²) in [5.74, 6) is 1.15. The van der Waals surface area contributed by atoms with Crippen LogP contribution in [0, 0.1) is 0 Å². The zero-order valence-corrected chi connectivity index (χ0v) is 12.9. The molecule has 2 rings (SSSR count). The lowest BCUT2D eigenvalue weighted by Crippen LogP contribution is -2.01. The van der Waals surface area contributed by atoms with E-state index in [9.17, 15) is 0 Å². The van der Waals surface area contributed by atoms with Crippen LogP contribution in [0.15, 0.2) is 4.42 Å². The lowest BCUT2D eigenvalue weighted by atomic mass is 9.99. The third-order valence-electron chi connectivity index (χ3n) is 3.97. The van der Waals surface area contributed by atoms with E-state index in [1.165, 1.54) is 27.9 Å². The van der Waals surface area contributed by atoms with Gasteiger partial charge < -0.3 is 4.42 Å². The number of aromatic nitrogens is 1. The van der Waals surface area contributed by atoms with E-state index in [-0.39, 0.29) is 0 Å². The Morgan fingerprint density at radius 1 is 0.737 bits per heavy atom. The highest BCUT2D eigenvalue weighted by atomic mass is 16.3. The Morgan fingerprint density at radius 3 is 1.84 bits per heavy atom. The Labute approximate surface area is 116 Å². The molecule has 0 aliphatic carbocycles. The second-order valence-electron chi connectivity index (χ2n) is 4.96. The number of aryl methyl sites for hydroxylation is 5. The Balaban J connectivity index is 2.89. The third-order valence-corrected chi connectivity index (χ3v) is 3.97. The molecule has 0 bridgehead atoms. The summed E-state index contributed by atoms with van der Waals surface area (Å²) in [7, 11) is 0. The van der Waals surface area contributed by atoms with Gasteiger partial charge in [-0.1, -0.05) is 34.6 Å². The Bertz CT molecular complexity index is 581. The van der Waals surface area contributed by atoms with Crippen LogP contribution in [-0.2, 0) is 32.1 Å². The van der Waals surface area contributed by atoms with Gasteiger partial charge in [-0.3, -0.25) is 4.98 Å². The lowest BCUT2D eigenvalue weighted by molar-refractivity contribution is 0.547. The molecule has 2 nitrogen and oxygen atoms in total. The molecule has 0 radical (unpaired) electrons. The van der Waals surface area contributed by atoms with Crippen molar-refractivity contribution in [2.24, 2.45) is 0 Å². The SMILES string of the molecule is CCc1nc(CC)c2c(CC)c(CC)oc2c1CC. The van der Waals surface area contributed by atoms with Gasteiger partial charge in [0.15, 0.2) is 0 Å². The standard InChI is InChI=1S/C17H25NO/c1-6-11-13(8-3)18-14(9-4)16-12(7-2)15(10-5)19-17(11)16/h6-10H2,1-5H3. The first-order valence-electron chi connectivity index (χ1n) is 7.66. The van der Waals surface area contributed by atoms with Crippen LogP contribution < -0.4 is 0 Å². The van der Waals surface area contributed by atoms with Crippen molar-refractivity contribution in [3.05, 3.63) is 28.3 Å². The quantitative estimate of drug-likeness (QED) is 0.781. The van der Waals surface area contributed by atoms with Gasteiger partial charge >= 0.3 is 0 Å². The van der Waals surface area contributed by atoms with Crippen molar-refractivity contribution < 1.29 is 4.42 Å². The van der Waals surface area contributed by atoms with Gasteiger partial charge in [-0.2, -0.15) is 0 Å². The molecule has 2 heterocycles. The molecule has 0 aliphatic rings. The highest BCUT2D eigenvalue weighted by Gasteiger charge is 2.20. The number of hydrogen-bond acceptors (Lipinski definition) is 2. The van der Waals surface area contributed by atoms with Gasteiger partial charge in [-0.15, -0.1) is 0 Å². The minimum Gasteiger partial charge on any atom is -0.460 e. The first kappa shape index (κ1) is 14.1. The van der Waals surface area contributed by atoms with Crippen LogP contribution in [0.25, 0.3) is 11.0 Å². The van der Waals surface area contributed by atoms with E-state index in [0.717, 1.165) is 43.4 Å². The highest BCUT2D eigenvalue weighted by Crippen LogP contribution is 2.33. The van der Waals surface area contributed by atoms with Crippen molar-refractivity contribution in [2.45, 2.75) is 66.7 Å². The average Bonchev–Trinajstić information content (AvgIpc) is 2.83. The van der Waals surface area contributed by atoms with Crippen LogP contribution >= 0.6 is 0 Å². The molecule has 0 N–H and O–H groups in total. The summed E-state index contributed by atoms with van der Waals surface area (Å²) in [5.41, 5.74) is 6.22. The molecular formula is C17H25NO. The normalized spacial score (nSPS) is 11.4. The molecular weight excluding hydrogens is 234 g/mol. The predicted octanol–water partition coefficient (Wildman–Crippen LogP) is 4.64. The molecule has 0 aromatic carbocycles. The molecule has 2 heteroatoms. The van der Waals surface area contributed by atoms with Gasteiger partial charge in [-0.05, 0) is 25.7 Å². The lowest BCUT2D eigenvalue weighted by Gasteiger charge is -2.09. The fraction of sp³-hybridized carbons (Fsp3) is 0.588. The van der Waals surface area contributed by atoms with Crippen LogP contribution in [0.1, 0.15) is 62.9 Å². The molecule has 19 heavy (non-hydrogen) atoms. The van der Waals surface area contributed by atoms with E-state index in [0.29, 0.717) is 0 Å². The van der Waals surface area contributed by atoms with Crippen molar-refractivity contribution in [1.29, 1.82) is 0 Å². The van der Waals surface area contributed by atoms with Crippen LogP contribution in [0.3, 0.4) is 0 Å². The summed E-state index contributed by atoms with van der Waals surface area (Å²) < 4.78 is 6.21. The van der Waals surface area contributed by atoms with Crippen molar-refractivity contribution >= 4 is 11.0 Å². The van der Waals surface area contributed by atoms with Crippen molar-refractivity contribution in [2.75, 3.05) is 0 Å². The summed E-state index contributed by atoms with van der Waals surface area (Å²) >= 11 is 0. The van der Waals surface area contributed by atoms with Gasteiger partial charge in [0, 0.05) is 28.6 Å². The maximum absolute atomic E-state index is 6.21. The van der Waals surface area contributed by atoms with E-state index in [1.54, 1.807) is 0 Å². The highest BCUT2D eigenvalue weighted by molar-refractivity contribution is 5.88. The van der Waals surface area contributed by atoms with Crippen molar-refractivity contribution in [3.63, 3.8) is 0 Å². The zero-order valence-electron chi connectivity index (χ0n) is 12.9. The third kappa shape index (κ3) is 2.18. The summed E-state index contributed by atoms with van der Waals surface area (Å²) in [6, 6.07) is 0. The number of fused-ring (bicyclic) bond motifs is 1. The van der Waals surface area contributed by atoms with Gasteiger partial charge in [0.2, 0.25) is 0 Å². The first-order valence-corrected chi connectivity index (χ1v) is 7.66. The molecule has 0 amide bonds. The Morgan fingerprint density at radius 2 is 1.37 bits per heavy atom. The smallest absolute Gasteiger partial charge is 0.141 e. The molecule has 0 atom stereocenters. The number of furan rings is 1. The number of hydrogen-bond donors (Lipinski definition) is 0. The molecule has 0 aliphatic heterocycles. The molecule has 0 unspecified atom stereocenters. The number of nitrogens with zero attached hydrogens (tertiary/aromatic N) is 1. The Hall–Kier alpha value is -1.31. The van der Waals surface area contributed by atoms with Gasteiger partial charge in [0.05, 0.1) is 5.69 Å². The molecule has 0 saturated carbocycles. The molecule has 0 saturated heterocycles. The first-order chi connectivity index (χ1) is 9.21. The van der Waals surface area contributed by atoms with E-state index in [4.69, 9.17) is 9.40 Å². The maximum Gasteiger partial charge on any atom is 0.141 e. The van der Waals surface area contributed by atoms with Crippen molar-refractivity contribution in [3.8, 4) is 0 Å². The van der Waals surface area contributed by atoms with Gasteiger partial charge in [0.25, 0.3) is 0 Å². The van der Waals surface area contributed by atoms with Crippen LogP contribution in [0.2, 0.25) is 0 Å². The minimum absolute atomic E-state index is 0.964. The molecule has 2 aromatic heterocycles. The van der Waals surface area contributed by atoms with Crippen LogP contribution in [0.4, 0.5) is 0 Å². The summed E-state index contributed by atoms with van der Waals surface area (Å²) in [4.78, 5) is 4.90. The topological polar surface area (TPSA) is 26.0 Å². The minimum atomic E-state index is 0.964. The largest absolute Gasteiger partial charge is 0.460 e. The fourth-order valence-electron chi connectivity index (χ4n) is 3.02. The summed E-state index contributed by atoms with van der Waals surface area (Å²) in [6.07, 6.45) is 4.94. The van der Waals surface area contributed by atoms with Crippen molar-refractivity contribution in [1.82, 2.24) is 4.98 Å². The average molecular weight is 259 g/mol. The van der Waals surface area contributed by atoms with Gasteiger partial charge in [0.1, 0.15) is 11.3 Å². The summed E-state index contributed by atoms with van der Waals surface area (Å²) in [5, 5.41) is 1.30. The van der Waals surface area contributed by atoms with Crippen LogP contribution in [-0.4, -0.2) is 4.98 Å². The molecule has 0 fully saturated rings. The van der Waals surface area contributed by atoms with E-state index in [2.05, 4.69) is 34.6 Å². The van der Waals surface area contributed by atoms with Crippen LogP contribution in [0.5, 0.6) is 0 Å². The number of rotatable bonds is 5. The number of pyridine rings is 1. The molecule has 0 spiro atoms. The second-order valence-corrected chi connectivity index (χ2v) is 4.96. The predicted molar refractivity (Wildman–Crippen MR) is 80.9 cm³/mol. The fourth-order valence-corrected chi connectivity index (χ4v) is 3.02.